The number of nitrogens with two attached hydrogens (primary N) is 2. The molecule has 250 valence electrons. The van der Waals surface area contributed by atoms with Crippen molar-refractivity contribution in [3.8, 4) is 0 Å². The highest BCUT2D eigenvalue weighted by atomic mass is 32.1. The van der Waals surface area contributed by atoms with Crippen LogP contribution in [0, 0.1) is 27.7 Å². The Hall–Kier alpha value is -5.21. The van der Waals surface area contributed by atoms with Crippen molar-refractivity contribution >= 4 is 72.0 Å². The van der Waals surface area contributed by atoms with Crippen LogP contribution in [0.2, 0.25) is 0 Å². The van der Waals surface area contributed by atoms with Gasteiger partial charge in [0, 0.05) is 48.2 Å². The molecule has 0 spiro atoms. The minimum absolute atomic E-state index is 0.0146. The van der Waals surface area contributed by atoms with Gasteiger partial charge in [0.05, 0.1) is 35.0 Å². The predicted octanol–water partition coefficient (Wildman–Crippen LogP) is 5.02. The average Bonchev–Trinajstić information content (AvgIpc) is 3.80. The molecule has 5 aromatic heterocycles. The quantitative estimate of drug-likeness (QED) is 0.169. The summed E-state index contributed by atoms with van der Waals surface area (Å²) in [6.45, 7) is 9.44. The summed E-state index contributed by atoms with van der Waals surface area (Å²) in [7, 11) is 0. The van der Waals surface area contributed by atoms with Crippen molar-refractivity contribution in [1.29, 1.82) is 0 Å². The molecule has 0 radical (unpaired) electrons. The zero-order valence-electron chi connectivity index (χ0n) is 27.6. The Morgan fingerprint density at radius 3 is 2.12 bits per heavy atom. The summed E-state index contributed by atoms with van der Waals surface area (Å²) in [6, 6.07) is 12.3. The van der Waals surface area contributed by atoms with E-state index >= 15 is 0 Å². The third kappa shape index (κ3) is 6.13. The molecular formula is C35H36N10O2S2. The van der Waals surface area contributed by atoms with Gasteiger partial charge >= 0.3 is 0 Å². The highest BCUT2D eigenvalue weighted by Crippen LogP contribution is 2.36. The molecule has 1 fully saturated rings. The van der Waals surface area contributed by atoms with Crippen LogP contribution in [0.3, 0.4) is 0 Å². The maximum Gasteiger partial charge on any atom is 0.263 e. The number of nitrogens with one attached hydrogen (secondary N) is 2. The standard InChI is InChI=1S/C35H36N10O2S2/c1-17-19(3)41-43-34-26(17)28(36)30(48-34)32(46)39-15-23-10-9-21(14-38-23)13-22-7-5-6-8-25(22)45-12-11-24(16-45)40-33(47)31-29(37)27-18(2)20(4)42-44-35(27)49-31/h5-10,14,24H,11-13,15-16,36-37H2,1-4H3,(H,39,46)(H,40,47). The molecule has 6 aromatic rings. The monoisotopic (exact) mass is 692 g/mol. The van der Waals surface area contributed by atoms with Crippen molar-refractivity contribution < 1.29 is 9.59 Å². The number of rotatable bonds is 8. The number of amides is 2. The second-order valence-electron chi connectivity index (χ2n) is 12.4. The molecule has 2 amide bonds. The van der Waals surface area contributed by atoms with Crippen molar-refractivity contribution in [1.82, 2.24) is 36.0 Å². The molecule has 7 rings (SSSR count). The zero-order chi connectivity index (χ0) is 34.4. The van der Waals surface area contributed by atoms with Gasteiger partial charge in [-0.05, 0) is 68.5 Å². The number of hydrogen-bond acceptors (Lipinski definition) is 12. The first-order valence-electron chi connectivity index (χ1n) is 16.0. The number of benzene rings is 1. The van der Waals surface area contributed by atoms with E-state index in [0.29, 0.717) is 43.8 Å². The number of pyridine rings is 1. The molecule has 0 saturated carbocycles. The number of aromatic nitrogens is 5. The van der Waals surface area contributed by atoms with Gasteiger partial charge in [-0.1, -0.05) is 24.3 Å². The summed E-state index contributed by atoms with van der Waals surface area (Å²) in [5, 5.41) is 24.5. The van der Waals surface area contributed by atoms with E-state index in [0.717, 1.165) is 63.2 Å². The lowest BCUT2D eigenvalue weighted by atomic mass is 10.0. The van der Waals surface area contributed by atoms with Gasteiger partial charge in [-0.15, -0.1) is 32.9 Å². The number of fused-ring (bicyclic) bond motifs is 2. The molecule has 49 heavy (non-hydrogen) atoms. The van der Waals surface area contributed by atoms with E-state index in [9.17, 15) is 9.59 Å². The van der Waals surface area contributed by atoms with Crippen LogP contribution < -0.4 is 27.0 Å². The molecule has 6 N–H and O–H groups in total. The summed E-state index contributed by atoms with van der Waals surface area (Å²) in [4.78, 5) is 35.5. The molecular weight excluding hydrogens is 657 g/mol. The normalized spacial score (nSPS) is 14.5. The Bertz CT molecular complexity index is 2250. The molecule has 0 bridgehead atoms. The van der Waals surface area contributed by atoms with Crippen LogP contribution in [-0.2, 0) is 13.0 Å². The average molecular weight is 693 g/mol. The van der Waals surface area contributed by atoms with Crippen LogP contribution >= 0.6 is 22.7 Å². The van der Waals surface area contributed by atoms with E-state index in [-0.39, 0.29) is 24.4 Å². The van der Waals surface area contributed by atoms with Gasteiger partial charge in [-0.25, -0.2) is 0 Å². The highest BCUT2D eigenvalue weighted by molar-refractivity contribution is 7.21. The van der Waals surface area contributed by atoms with E-state index in [2.05, 4.69) is 53.0 Å². The predicted molar refractivity (Wildman–Crippen MR) is 195 cm³/mol. The van der Waals surface area contributed by atoms with Crippen molar-refractivity contribution in [2.24, 2.45) is 0 Å². The first-order valence-corrected chi connectivity index (χ1v) is 17.6. The van der Waals surface area contributed by atoms with E-state index in [4.69, 9.17) is 11.5 Å². The van der Waals surface area contributed by atoms with Gasteiger partial charge < -0.3 is 27.0 Å². The fourth-order valence-corrected chi connectivity index (χ4v) is 8.29. The number of para-hydroxylation sites is 1. The van der Waals surface area contributed by atoms with Gasteiger partial charge in [-0.2, -0.15) is 10.2 Å². The number of carbonyl (C=O) groups excluding carboxylic acids is 2. The van der Waals surface area contributed by atoms with Crippen molar-refractivity contribution in [2.45, 2.75) is 53.1 Å². The van der Waals surface area contributed by atoms with Crippen LogP contribution in [-0.4, -0.2) is 56.3 Å². The second kappa shape index (κ2) is 13.0. The van der Waals surface area contributed by atoms with E-state index in [1.54, 1.807) is 0 Å². The Morgan fingerprint density at radius 2 is 1.49 bits per heavy atom. The van der Waals surface area contributed by atoms with E-state index in [1.165, 1.54) is 28.2 Å². The number of anilines is 3. The second-order valence-corrected chi connectivity index (χ2v) is 14.4. The fraction of sp³-hybridized carbons (Fsp3) is 0.286. The lowest BCUT2D eigenvalue weighted by Crippen LogP contribution is -2.37. The van der Waals surface area contributed by atoms with Gasteiger partial charge in [0.25, 0.3) is 11.8 Å². The van der Waals surface area contributed by atoms with Gasteiger partial charge in [0.2, 0.25) is 0 Å². The summed E-state index contributed by atoms with van der Waals surface area (Å²) in [6.07, 6.45) is 3.37. The molecule has 1 aliphatic rings. The number of nitrogens with zero attached hydrogens (tertiary/aromatic N) is 6. The third-order valence-corrected chi connectivity index (χ3v) is 11.4. The fourth-order valence-electron chi connectivity index (χ4n) is 6.27. The van der Waals surface area contributed by atoms with Crippen LogP contribution in [0.15, 0.2) is 42.6 Å². The molecule has 1 atom stereocenters. The molecule has 1 aromatic carbocycles. The van der Waals surface area contributed by atoms with Crippen molar-refractivity contribution in [3.63, 3.8) is 0 Å². The lowest BCUT2D eigenvalue weighted by molar-refractivity contribution is 0.0940. The molecule has 14 heteroatoms. The van der Waals surface area contributed by atoms with Crippen LogP contribution in [0.25, 0.3) is 20.4 Å². The summed E-state index contributed by atoms with van der Waals surface area (Å²) in [5.74, 6) is -0.434. The smallest absolute Gasteiger partial charge is 0.263 e. The van der Waals surface area contributed by atoms with E-state index < -0.39 is 0 Å². The van der Waals surface area contributed by atoms with Crippen LogP contribution in [0.5, 0.6) is 0 Å². The molecule has 12 nitrogen and oxygen atoms in total. The van der Waals surface area contributed by atoms with Gasteiger partial charge in [0.1, 0.15) is 19.4 Å². The Morgan fingerprint density at radius 1 is 0.857 bits per heavy atom. The summed E-state index contributed by atoms with van der Waals surface area (Å²) >= 11 is 2.53. The zero-order valence-corrected chi connectivity index (χ0v) is 29.3. The molecule has 1 unspecified atom stereocenters. The minimum atomic E-state index is -0.260. The van der Waals surface area contributed by atoms with Crippen molar-refractivity contribution in [2.75, 3.05) is 29.5 Å². The van der Waals surface area contributed by atoms with Crippen LogP contribution in [0.1, 0.15) is 65.1 Å². The summed E-state index contributed by atoms with van der Waals surface area (Å²) in [5.41, 5.74) is 21.3. The number of carbonyl (C=O) groups is 2. The van der Waals surface area contributed by atoms with Crippen molar-refractivity contribution in [3.05, 3.63) is 91.7 Å². The first-order chi connectivity index (χ1) is 23.6. The van der Waals surface area contributed by atoms with Gasteiger partial charge in [-0.3, -0.25) is 14.6 Å². The van der Waals surface area contributed by atoms with Gasteiger partial charge in [0.15, 0.2) is 0 Å². The molecule has 1 saturated heterocycles. The maximum atomic E-state index is 13.3. The SMILES string of the molecule is Cc1nnc2sc(C(=O)NCc3ccc(Cc4ccccc4N4CCC(NC(=O)c5sc6nnc(C)c(C)c6c5N)C4)cn3)c(N)c2c1C. The first kappa shape index (κ1) is 32.3. The number of nitrogen functional groups attached to an aromatic ring is 2. The third-order valence-electron chi connectivity index (χ3n) is 9.25. The Balaban J connectivity index is 0.975. The number of hydrogen-bond donors (Lipinski definition) is 4. The Kier molecular flexibility index (Phi) is 8.59. The Labute approximate surface area is 291 Å². The number of aryl methyl sites for hydroxylation is 4. The lowest BCUT2D eigenvalue weighted by Gasteiger charge is -2.22. The maximum absolute atomic E-state index is 13.3. The topological polar surface area (TPSA) is 178 Å². The van der Waals surface area contributed by atoms with E-state index in [1.807, 2.05) is 58.2 Å². The molecule has 6 heterocycles. The minimum Gasteiger partial charge on any atom is -0.397 e. The largest absolute Gasteiger partial charge is 0.397 e. The highest BCUT2D eigenvalue weighted by Gasteiger charge is 2.28. The molecule has 1 aliphatic heterocycles. The van der Waals surface area contributed by atoms with Crippen LogP contribution in [0.4, 0.5) is 17.1 Å². The molecule has 0 aliphatic carbocycles. The number of thiophene rings is 2. The summed E-state index contributed by atoms with van der Waals surface area (Å²) < 4.78 is 0.